The van der Waals surface area contributed by atoms with E-state index in [2.05, 4.69) is 39.8 Å². The maximum atomic E-state index is 5.73. The van der Waals surface area contributed by atoms with E-state index >= 15 is 0 Å². The number of hydrogen-bond donors (Lipinski definition) is 2. The molecule has 0 saturated carbocycles. The molecule has 2 aromatic carbocycles. The zero-order chi connectivity index (χ0) is 22.6. The number of morpholine rings is 1. The monoisotopic (exact) mass is 568 g/mol. The van der Waals surface area contributed by atoms with Crippen LogP contribution < -0.4 is 15.4 Å². The van der Waals surface area contributed by atoms with Crippen molar-refractivity contribution >= 4 is 35.6 Å². The summed E-state index contributed by atoms with van der Waals surface area (Å²) >= 11 is 0. The number of ether oxygens (including phenoxy) is 3. The van der Waals surface area contributed by atoms with E-state index in [4.69, 9.17) is 19.2 Å². The summed E-state index contributed by atoms with van der Waals surface area (Å²) < 4.78 is 16.4. The first kappa shape index (κ1) is 27.4. The Bertz CT molecular complexity index is 840. The largest absolute Gasteiger partial charge is 0.491 e. The molecule has 8 heteroatoms. The maximum absolute atomic E-state index is 5.73. The predicted octanol–water partition coefficient (Wildman–Crippen LogP) is 4.13. The van der Waals surface area contributed by atoms with Crippen LogP contribution in [0.25, 0.3) is 0 Å². The summed E-state index contributed by atoms with van der Waals surface area (Å²) in [6.07, 6.45) is 0.152. The molecule has 0 amide bonds. The SMILES string of the molecule is COCCNC(=NCc1ccccc1CN1CCOCC1)Nc1ccc(OC(C)C)cc1.I. The van der Waals surface area contributed by atoms with Gasteiger partial charge in [-0.1, -0.05) is 24.3 Å². The molecule has 0 aromatic heterocycles. The summed E-state index contributed by atoms with van der Waals surface area (Å²) in [6, 6.07) is 16.4. The van der Waals surface area contributed by atoms with E-state index < -0.39 is 0 Å². The summed E-state index contributed by atoms with van der Waals surface area (Å²) in [6.45, 7) is 10.4. The second kappa shape index (κ2) is 15.1. The van der Waals surface area contributed by atoms with Gasteiger partial charge in [0.05, 0.1) is 32.5 Å². The number of aliphatic imine (C=N–C) groups is 1. The zero-order valence-corrected chi connectivity index (χ0v) is 22.2. The number of anilines is 1. The topological polar surface area (TPSA) is 67.4 Å². The first-order valence-corrected chi connectivity index (χ1v) is 11.3. The lowest BCUT2D eigenvalue weighted by Gasteiger charge is -2.27. The molecule has 182 valence electrons. The summed E-state index contributed by atoms with van der Waals surface area (Å²) in [5.74, 6) is 1.58. The highest BCUT2D eigenvalue weighted by Crippen LogP contribution is 2.17. The molecular weight excluding hydrogens is 531 g/mol. The summed E-state index contributed by atoms with van der Waals surface area (Å²) in [4.78, 5) is 7.28. The second-order valence-electron chi connectivity index (χ2n) is 8.06. The van der Waals surface area contributed by atoms with Gasteiger partial charge in [0.15, 0.2) is 5.96 Å². The van der Waals surface area contributed by atoms with E-state index in [0.29, 0.717) is 19.7 Å². The van der Waals surface area contributed by atoms with E-state index in [1.165, 1.54) is 11.1 Å². The number of hydrogen-bond acceptors (Lipinski definition) is 5. The molecule has 0 radical (unpaired) electrons. The van der Waals surface area contributed by atoms with Gasteiger partial charge in [0.2, 0.25) is 0 Å². The fraction of sp³-hybridized carbons (Fsp3) is 0.480. The third-order valence-electron chi connectivity index (χ3n) is 5.11. The molecule has 0 atom stereocenters. The number of benzene rings is 2. The normalized spacial score (nSPS) is 14.6. The van der Waals surface area contributed by atoms with E-state index in [0.717, 1.165) is 50.2 Å². The molecule has 1 saturated heterocycles. The molecule has 0 unspecified atom stereocenters. The molecule has 2 N–H and O–H groups in total. The van der Waals surface area contributed by atoms with Gasteiger partial charge in [-0.25, -0.2) is 4.99 Å². The van der Waals surface area contributed by atoms with Crippen molar-refractivity contribution in [2.24, 2.45) is 4.99 Å². The Labute approximate surface area is 214 Å². The van der Waals surface area contributed by atoms with Gasteiger partial charge in [0.1, 0.15) is 5.75 Å². The fourth-order valence-corrected chi connectivity index (χ4v) is 3.47. The standard InChI is InChI=1S/C25H36N4O3.HI/c1-20(2)32-24-10-8-23(9-11-24)28-25(26-12-15-30-3)27-18-21-6-4-5-7-22(21)19-29-13-16-31-17-14-29;/h4-11,20H,12-19H2,1-3H3,(H2,26,27,28);1H. The lowest BCUT2D eigenvalue weighted by molar-refractivity contribution is 0.0341. The second-order valence-corrected chi connectivity index (χ2v) is 8.06. The van der Waals surface area contributed by atoms with Crippen molar-refractivity contribution in [1.29, 1.82) is 0 Å². The molecule has 2 aromatic rings. The Balaban J connectivity index is 0.00000385. The first-order chi connectivity index (χ1) is 15.6. The average molecular weight is 569 g/mol. The number of halogens is 1. The average Bonchev–Trinajstić information content (AvgIpc) is 2.80. The van der Waals surface area contributed by atoms with E-state index in [-0.39, 0.29) is 30.1 Å². The molecule has 0 aliphatic carbocycles. The Morgan fingerprint density at radius 3 is 2.42 bits per heavy atom. The Morgan fingerprint density at radius 2 is 1.76 bits per heavy atom. The highest BCUT2D eigenvalue weighted by molar-refractivity contribution is 14.0. The number of guanidine groups is 1. The summed E-state index contributed by atoms with van der Waals surface area (Å²) in [5, 5.41) is 6.73. The quantitative estimate of drug-likeness (QED) is 0.195. The van der Waals surface area contributed by atoms with Gasteiger partial charge in [0.25, 0.3) is 0 Å². The van der Waals surface area contributed by atoms with E-state index in [9.17, 15) is 0 Å². The van der Waals surface area contributed by atoms with Gasteiger partial charge in [0, 0.05) is 39.0 Å². The third kappa shape index (κ3) is 9.87. The lowest BCUT2D eigenvalue weighted by atomic mass is 10.1. The van der Waals surface area contributed by atoms with Gasteiger partial charge in [-0.15, -0.1) is 24.0 Å². The minimum atomic E-state index is 0. The molecule has 1 aliphatic rings. The van der Waals surface area contributed by atoms with Gasteiger partial charge < -0.3 is 24.8 Å². The third-order valence-corrected chi connectivity index (χ3v) is 5.11. The van der Waals surface area contributed by atoms with Gasteiger partial charge in [-0.2, -0.15) is 0 Å². The molecule has 0 bridgehead atoms. The lowest BCUT2D eigenvalue weighted by Crippen LogP contribution is -2.36. The number of methoxy groups -OCH3 is 1. The minimum absolute atomic E-state index is 0. The fourth-order valence-electron chi connectivity index (χ4n) is 3.47. The van der Waals surface area contributed by atoms with Crippen LogP contribution in [0.2, 0.25) is 0 Å². The van der Waals surface area contributed by atoms with Crippen LogP contribution in [0, 0.1) is 0 Å². The van der Waals surface area contributed by atoms with Crippen molar-refractivity contribution < 1.29 is 14.2 Å². The van der Waals surface area contributed by atoms with Crippen molar-refractivity contribution in [3.8, 4) is 5.75 Å². The van der Waals surface area contributed by atoms with Crippen molar-refractivity contribution in [2.75, 3.05) is 51.9 Å². The van der Waals surface area contributed by atoms with Crippen molar-refractivity contribution in [1.82, 2.24) is 10.2 Å². The molecule has 0 spiro atoms. The summed E-state index contributed by atoms with van der Waals surface area (Å²) in [7, 11) is 1.70. The van der Waals surface area contributed by atoms with Gasteiger partial charge >= 0.3 is 0 Å². The highest BCUT2D eigenvalue weighted by Gasteiger charge is 2.12. The molecule has 3 rings (SSSR count). The Hall–Kier alpha value is -1.88. The maximum Gasteiger partial charge on any atom is 0.196 e. The van der Waals surface area contributed by atoms with Crippen LogP contribution in [0.1, 0.15) is 25.0 Å². The summed E-state index contributed by atoms with van der Waals surface area (Å²) in [5.41, 5.74) is 3.49. The van der Waals surface area contributed by atoms with Crippen molar-refractivity contribution in [3.05, 3.63) is 59.7 Å². The van der Waals surface area contributed by atoms with E-state index in [1.54, 1.807) is 7.11 Å². The van der Waals surface area contributed by atoms with Gasteiger partial charge in [-0.05, 0) is 49.2 Å². The van der Waals surface area contributed by atoms with Gasteiger partial charge in [-0.3, -0.25) is 4.90 Å². The minimum Gasteiger partial charge on any atom is -0.491 e. The van der Waals surface area contributed by atoms with Crippen LogP contribution in [-0.2, 0) is 22.6 Å². The van der Waals surface area contributed by atoms with Crippen LogP contribution >= 0.6 is 24.0 Å². The molecule has 1 heterocycles. The van der Waals surface area contributed by atoms with Crippen molar-refractivity contribution in [2.45, 2.75) is 33.0 Å². The van der Waals surface area contributed by atoms with Crippen LogP contribution in [0.4, 0.5) is 5.69 Å². The van der Waals surface area contributed by atoms with Crippen LogP contribution in [0.15, 0.2) is 53.5 Å². The molecule has 1 fully saturated rings. The number of rotatable bonds is 10. The number of nitrogens with zero attached hydrogens (tertiary/aromatic N) is 2. The van der Waals surface area contributed by atoms with E-state index in [1.807, 2.05) is 38.1 Å². The van der Waals surface area contributed by atoms with Crippen LogP contribution in [0.3, 0.4) is 0 Å². The Morgan fingerprint density at radius 1 is 1.06 bits per heavy atom. The van der Waals surface area contributed by atoms with Crippen molar-refractivity contribution in [3.63, 3.8) is 0 Å². The highest BCUT2D eigenvalue weighted by atomic mass is 127. The Kier molecular flexibility index (Phi) is 12.5. The first-order valence-electron chi connectivity index (χ1n) is 11.3. The number of nitrogens with one attached hydrogen (secondary N) is 2. The molecular formula is C25H37IN4O3. The predicted molar refractivity (Wildman–Crippen MR) is 145 cm³/mol. The molecule has 7 nitrogen and oxygen atoms in total. The zero-order valence-electron chi connectivity index (χ0n) is 19.9. The van der Waals surface area contributed by atoms with Crippen LogP contribution in [0.5, 0.6) is 5.75 Å². The molecule has 1 aliphatic heterocycles. The molecule has 33 heavy (non-hydrogen) atoms. The smallest absolute Gasteiger partial charge is 0.196 e. The van der Waals surface area contributed by atoms with Crippen LogP contribution in [-0.4, -0.2) is 63.5 Å².